The molecule has 86 valence electrons. The van der Waals surface area contributed by atoms with Crippen molar-refractivity contribution in [2.45, 2.75) is 38.3 Å². The van der Waals surface area contributed by atoms with Crippen molar-refractivity contribution in [3.05, 3.63) is 0 Å². The van der Waals surface area contributed by atoms with Crippen LogP contribution in [0.3, 0.4) is 0 Å². The maximum Gasteiger partial charge on any atom is 0.237 e. The highest BCUT2D eigenvalue weighted by molar-refractivity contribution is 7.99. The summed E-state index contributed by atoms with van der Waals surface area (Å²) in [5, 5.41) is 6.45. The Hall–Kier alpha value is -0.220. The zero-order valence-corrected chi connectivity index (χ0v) is 10.1. The molecule has 0 aliphatic carbocycles. The van der Waals surface area contributed by atoms with E-state index in [9.17, 15) is 4.79 Å². The summed E-state index contributed by atoms with van der Waals surface area (Å²) in [5.74, 6) is 3.05. The topological polar surface area (TPSA) is 41.1 Å². The van der Waals surface area contributed by atoms with Gasteiger partial charge in [-0.05, 0) is 37.5 Å². The summed E-state index contributed by atoms with van der Waals surface area (Å²) < 4.78 is 0. The standard InChI is InChI=1S/C11H20N2OS/c1-8-4-5-12-10(8)11(14)13-9-3-2-6-15-7-9/h8-10,12H,2-7H2,1H3,(H,13,14). The highest BCUT2D eigenvalue weighted by Crippen LogP contribution is 2.19. The fraction of sp³-hybridized carbons (Fsp3) is 0.909. The van der Waals surface area contributed by atoms with Gasteiger partial charge in [-0.25, -0.2) is 0 Å². The molecule has 1 amide bonds. The van der Waals surface area contributed by atoms with E-state index in [1.54, 1.807) is 0 Å². The number of hydrogen-bond acceptors (Lipinski definition) is 3. The average Bonchev–Trinajstić information content (AvgIpc) is 2.66. The molecule has 0 aromatic rings. The van der Waals surface area contributed by atoms with Gasteiger partial charge >= 0.3 is 0 Å². The van der Waals surface area contributed by atoms with Crippen molar-refractivity contribution in [1.82, 2.24) is 10.6 Å². The van der Waals surface area contributed by atoms with E-state index >= 15 is 0 Å². The Balaban J connectivity index is 1.80. The molecule has 15 heavy (non-hydrogen) atoms. The van der Waals surface area contributed by atoms with Crippen LogP contribution in [0, 0.1) is 5.92 Å². The average molecular weight is 228 g/mol. The van der Waals surface area contributed by atoms with Crippen molar-refractivity contribution in [3.8, 4) is 0 Å². The van der Waals surface area contributed by atoms with Crippen molar-refractivity contribution < 1.29 is 4.79 Å². The highest BCUT2D eigenvalue weighted by atomic mass is 32.2. The van der Waals surface area contributed by atoms with Crippen molar-refractivity contribution >= 4 is 17.7 Å². The number of thioether (sulfide) groups is 1. The van der Waals surface area contributed by atoms with Gasteiger partial charge in [0.25, 0.3) is 0 Å². The Kier molecular flexibility index (Phi) is 3.92. The van der Waals surface area contributed by atoms with Crippen molar-refractivity contribution in [1.29, 1.82) is 0 Å². The number of carbonyl (C=O) groups is 1. The van der Waals surface area contributed by atoms with Crippen LogP contribution in [-0.2, 0) is 4.79 Å². The van der Waals surface area contributed by atoms with Gasteiger partial charge in [0, 0.05) is 11.8 Å². The smallest absolute Gasteiger partial charge is 0.237 e. The van der Waals surface area contributed by atoms with Crippen LogP contribution in [0.15, 0.2) is 0 Å². The molecule has 0 saturated carbocycles. The molecule has 2 N–H and O–H groups in total. The molecule has 3 atom stereocenters. The summed E-state index contributed by atoms with van der Waals surface area (Å²) in [4.78, 5) is 11.9. The van der Waals surface area contributed by atoms with Crippen LogP contribution >= 0.6 is 11.8 Å². The second-order valence-electron chi connectivity index (χ2n) is 4.62. The van der Waals surface area contributed by atoms with Crippen molar-refractivity contribution in [2.75, 3.05) is 18.1 Å². The predicted molar refractivity (Wildman–Crippen MR) is 64.1 cm³/mol. The third kappa shape index (κ3) is 2.88. The summed E-state index contributed by atoms with van der Waals surface area (Å²) >= 11 is 1.95. The summed E-state index contributed by atoms with van der Waals surface area (Å²) in [6.07, 6.45) is 3.51. The van der Waals surface area contributed by atoms with E-state index < -0.39 is 0 Å². The Bertz CT molecular complexity index is 229. The van der Waals surface area contributed by atoms with Crippen molar-refractivity contribution in [3.63, 3.8) is 0 Å². The van der Waals surface area contributed by atoms with Gasteiger partial charge in [-0.15, -0.1) is 0 Å². The van der Waals surface area contributed by atoms with E-state index in [0.717, 1.165) is 25.1 Å². The third-order valence-corrected chi connectivity index (χ3v) is 4.54. The third-order valence-electron chi connectivity index (χ3n) is 3.32. The zero-order valence-electron chi connectivity index (χ0n) is 9.29. The van der Waals surface area contributed by atoms with Gasteiger partial charge in [0.1, 0.15) is 0 Å². The van der Waals surface area contributed by atoms with E-state index in [1.807, 2.05) is 11.8 Å². The quantitative estimate of drug-likeness (QED) is 0.741. The summed E-state index contributed by atoms with van der Waals surface area (Å²) in [6, 6.07) is 0.461. The van der Waals surface area contributed by atoms with Gasteiger partial charge in [0.2, 0.25) is 5.91 Å². The molecule has 2 aliphatic rings. The van der Waals surface area contributed by atoms with Crippen LogP contribution in [0.25, 0.3) is 0 Å². The molecule has 0 bridgehead atoms. The molecular formula is C11H20N2OS. The van der Waals surface area contributed by atoms with E-state index in [0.29, 0.717) is 12.0 Å². The first-order chi connectivity index (χ1) is 7.27. The summed E-state index contributed by atoms with van der Waals surface area (Å²) in [7, 11) is 0. The van der Waals surface area contributed by atoms with Gasteiger partial charge in [-0.2, -0.15) is 11.8 Å². The van der Waals surface area contributed by atoms with Crippen LogP contribution < -0.4 is 10.6 Å². The molecule has 2 rings (SSSR count). The van der Waals surface area contributed by atoms with Gasteiger partial charge in [-0.1, -0.05) is 6.92 Å². The monoisotopic (exact) mass is 228 g/mol. The summed E-state index contributed by atoms with van der Waals surface area (Å²) in [6.45, 7) is 3.14. The molecule has 2 fully saturated rings. The SMILES string of the molecule is CC1CCNC1C(=O)NC1CCCSC1. The van der Waals surface area contributed by atoms with E-state index in [-0.39, 0.29) is 11.9 Å². The van der Waals surface area contributed by atoms with E-state index in [4.69, 9.17) is 0 Å². The largest absolute Gasteiger partial charge is 0.351 e. The van der Waals surface area contributed by atoms with Crippen molar-refractivity contribution in [2.24, 2.45) is 5.92 Å². The van der Waals surface area contributed by atoms with Crippen LogP contribution in [0.4, 0.5) is 0 Å². The minimum Gasteiger partial charge on any atom is -0.351 e. The minimum atomic E-state index is 0.0527. The Morgan fingerprint density at radius 1 is 1.47 bits per heavy atom. The van der Waals surface area contributed by atoms with E-state index in [1.165, 1.54) is 12.2 Å². The Morgan fingerprint density at radius 2 is 2.33 bits per heavy atom. The van der Waals surface area contributed by atoms with Crippen LogP contribution in [0.1, 0.15) is 26.2 Å². The first-order valence-corrected chi connectivity index (χ1v) is 7.04. The fourth-order valence-electron chi connectivity index (χ4n) is 2.33. The first kappa shape index (κ1) is 11.3. The van der Waals surface area contributed by atoms with Gasteiger partial charge in [0.05, 0.1) is 6.04 Å². The van der Waals surface area contributed by atoms with Crippen LogP contribution in [0.2, 0.25) is 0 Å². The number of carbonyl (C=O) groups excluding carboxylic acids is 1. The van der Waals surface area contributed by atoms with E-state index in [2.05, 4.69) is 17.6 Å². The molecule has 4 heteroatoms. The highest BCUT2D eigenvalue weighted by Gasteiger charge is 2.30. The number of nitrogens with one attached hydrogen (secondary N) is 2. The normalized spacial score (nSPS) is 36.5. The van der Waals surface area contributed by atoms with Crippen LogP contribution in [0.5, 0.6) is 0 Å². The lowest BCUT2D eigenvalue weighted by Crippen LogP contribution is -2.48. The fourth-order valence-corrected chi connectivity index (χ4v) is 3.40. The molecular weight excluding hydrogens is 208 g/mol. The lowest BCUT2D eigenvalue weighted by atomic mass is 10.0. The summed E-state index contributed by atoms with van der Waals surface area (Å²) in [5.41, 5.74) is 0. The number of rotatable bonds is 2. The first-order valence-electron chi connectivity index (χ1n) is 5.89. The van der Waals surface area contributed by atoms with Gasteiger partial charge in [-0.3, -0.25) is 4.79 Å². The molecule has 0 radical (unpaired) electrons. The molecule has 0 aromatic heterocycles. The Morgan fingerprint density at radius 3 is 2.93 bits per heavy atom. The Labute approximate surface area is 95.8 Å². The van der Waals surface area contributed by atoms with Gasteiger partial charge in [0.15, 0.2) is 0 Å². The minimum absolute atomic E-state index is 0.0527. The van der Waals surface area contributed by atoms with Crippen LogP contribution in [-0.4, -0.2) is 36.0 Å². The molecule has 2 heterocycles. The zero-order chi connectivity index (χ0) is 10.7. The number of amides is 1. The molecule has 2 aliphatic heterocycles. The number of hydrogen-bond donors (Lipinski definition) is 2. The molecule has 0 spiro atoms. The lowest BCUT2D eigenvalue weighted by molar-refractivity contribution is -0.124. The molecule has 3 nitrogen and oxygen atoms in total. The predicted octanol–water partition coefficient (Wildman–Crippen LogP) is 0.996. The lowest BCUT2D eigenvalue weighted by Gasteiger charge is -2.25. The second kappa shape index (κ2) is 5.21. The maximum atomic E-state index is 11.9. The van der Waals surface area contributed by atoms with Gasteiger partial charge < -0.3 is 10.6 Å². The molecule has 2 saturated heterocycles. The molecule has 3 unspecified atom stereocenters. The second-order valence-corrected chi connectivity index (χ2v) is 5.77. The molecule has 0 aromatic carbocycles. The maximum absolute atomic E-state index is 11.9.